The van der Waals surface area contributed by atoms with Crippen LogP contribution < -0.4 is 9.64 Å². The minimum Gasteiger partial charge on any atom is -0.482 e. The predicted octanol–water partition coefficient (Wildman–Crippen LogP) is 4.41. The smallest absolute Gasteiger partial charge is 0.417 e. The van der Waals surface area contributed by atoms with Crippen LogP contribution in [0.2, 0.25) is 0 Å². The van der Waals surface area contributed by atoms with E-state index in [2.05, 4.69) is 4.74 Å². The third-order valence-electron chi connectivity index (χ3n) is 5.13. The Labute approximate surface area is 195 Å². The van der Waals surface area contributed by atoms with Gasteiger partial charge in [-0.25, -0.2) is 18.4 Å². The van der Waals surface area contributed by atoms with Crippen LogP contribution in [0.25, 0.3) is 5.57 Å². The monoisotopic (exact) mass is 499 g/mol. The number of hydrogen-bond donors (Lipinski definition) is 1. The first-order chi connectivity index (χ1) is 16.3. The highest BCUT2D eigenvalue weighted by atomic mass is 19.4. The summed E-state index contributed by atoms with van der Waals surface area (Å²) in [6, 6.07) is 7.52. The summed E-state index contributed by atoms with van der Waals surface area (Å²) in [7, 11) is 0.998. The number of carboxylic acids is 1. The number of esters is 1. The van der Waals surface area contributed by atoms with E-state index in [9.17, 15) is 36.3 Å². The number of anilines is 1. The Hall–Kier alpha value is -3.96. The van der Waals surface area contributed by atoms with Gasteiger partial charge in [0, 0.05) is 30.2 Å². The van der Waals surface area contributed by atoms with Gasteiger partial charge in [0.15, 0.2) is 6.61 Å². The van der Waals surface area contributed by atoms with Crippen molar-refractivity contribution in [3.05, 3.63) is 65.2 Å². The summed E-state index contributed by atoms with van der Waals surface area (Å²) >= 11 is 0. The fourth-order valence-corrected chi connectivity index (χ4v) is 3.54. The first-order valence-electron chi connectivity index (χ1n) is 10.00. The number of benzene rings is 2. The Morgan fingerprint density at radius 1 is 1.14 bits per heavy atom. The van der Waals surface area contributed by atoms with Gasteiger partial charge in [0.25, 0.3) is 11.8 Å². The highest BCUT2D eigenvalue weighted by Crippen LogP contribution is 2.44. The van der Waals surface area contributed by atoms with Gasteiger partial charge in [-0.15, -0.1) is 0 Å². The quantitative estimate of drug-likeness (QED) is 0.372. The molecule has 12 heteroatoms. The van der Waals surface area contributed by atoms with Crippen LogP contribution in [0.5, 0.6) is 5.75 Å². The van der Waals surface area contributed by atoms with Crippen LogP contribution >= 0.6 is 0 Å². The van der Waals surface area contributed by atoms with Gasteiger partial charge in [0.1, 0.15) is 5.75 Å². The number of alkyl halides is 5. The molecule has 2 aromatic rings. The second-order valence-electron chi connectivity index (χ2n) is 7.40. The van der Waals surface area contributed by atoms with Crippen molar-refractivity contribution >= 4 is 29.1 Å². The Morgan fingerprint density at radius 2 is 1.83 bits per heavy atom. The van der Waals surface area contributed by atoms with E-state index in [-0.39, 0.29) is 11.3 Å². The molecule has 186 valence electrons. The zero-order chi connectivity index (χ0) is 26.0. The number of halogens is 5. The number of rotatable bonds is 5. The van der Waals surface area contributed by atoms with Crippen molar-refractivity contribution in [2.75, 3.05) is 25.2 Å². The third-order valence-corrected chi connectivity index (χ3v) is 5.13. The molecule has 0 unspecified atom stereocenters. The number of para-hydroxylation sites is 1. The number of fused-ring (bicyclic) bond motifs is 1. The average molecular weight is 499 g/mol. The van der Waals surface area contributed by atoms with Crippen molar-refractivity contribution in [3.63, 3.8) is 0 Å². The summed E-state index contributed by atoms with van der Waals surface area (Å²) < 4.78 is 80.5. The predicted molar refractivity (Wildman–Crippen MR) is 112 cm³/mol. The largest absolute Gasteiger partial charge is 0.482 e. The summed E-state index contributed by atoms with van der Waals surface area (Å²) in [5.74, 6) is -7.74. The van der Waals surface area contributed by atoms with Gasteiger partial charge in [-0.1, -0.05) is 18.2 Å². The number of allylic oxidation sites excluding steroid dienone is 1. The molecule has 0 saturated heterocycles. The molecule has 0 aromatic heterocycles. The van der Waals surface area contributed by atoms with Gasteiger partial charge in [-0.2, -0.15) is 13.2 Å². The molecule has 1 aliphatic rings. The number of nitrogens with zero attached hydrogens (tertiary/aromatic N) is 1. The lowest BCUT2D eigenvalue weighted by atomic mass is 9.97. The summed E-state index contributed by atoms with van der Waals surface area (Å²) in [4.78, 5) is 36.4. The minimum atomic E-state index is -5.04. The molecule has 0 atom stereocenters. The number of methoxy groups -OCH3 is 1. The third kappa shape index (κ3) is 5.58. The van der Waals surface area contributed by atoms with Crippen LogP contribution in [0, 0.1) is 0 Å². The summed E-state index contributed by atoms with van der Waals surface area (Å²) in [5.41, 5.74) is -3.35. The molecule has 0 bridgehead atoms. The summed E-state index contributed by atoms with van der Waals surface area (Å²) in [5, 5.41) is 8.67. The molecule has 0 aliphatic carbocycles. The Balaban J connectivity index is 2.12. The standard InChI is InChI=1S/C23H18F5NO6/c1-34-20(32)11-16-14-4-2-3-5-18(14)29(9-8-22(16,24)25)21(33)15-7-6-13(35-12-19(30)31)10-17(15)23(26,27)28/h2-7,10-11H,8-9,12H2,1H3,(H,30,31)/b16-11-. The van der Waals surface area contributed by atoms with E-state index in [0.29, 0.717) is 12.1 Å². The maximum absolute atomic E-state index is 15.0. The highest BCUT2D eigenvalue weighted by molar-refractivity contribution is 6.09. The Morgan fingerprint density at radius 3 is 2.46 bits per heavy atom. The van der Waals surface area contributed by atoms with Crippen LogP contribution in [0.1, 0.15) is 27.9 Å². The van der Waals surface area contributed by atoms with E-state index in [4.69, 9.17) is 9.84 Å². The van der Waals surface area contributed by atoms with Crippen LogP contribution in [0.4, 0.5) is 27.6 Å². The molecular formula is C23H18F5NO6. The molecule has 1 amide bonds. The first kappa shape index (κ1) is 25.7. The zero-order valence-corrected chi connectivity index (χ0v) is 18.1. The molecule has 0 fully saturated rings. The number of aliphatic carboxylic acids is 1. The van der Waals surface area contributed by atoms with E-state index in [0.717, 1.165) is 24.1 Å². The van der Waals surface area contributed by atoms with Crippen LogP contribution in [-0.4, -0.2) is 49.1 Å². The van der Waals surface area contributed by atoms with Gasteiger partial charge in [-0.3, -0.25) is 4.79 Å². The lowest BCUT2D eigenvalue weighted by molar-refractivity contribution is -0.139. The SMILES string of the molecule is COC(=O)/C=C1/c2ccccc2N(C(=O)c2ccc(OCC(=O)O)cc2C(F)(F)F)CCC1(F)F. The highest BCUT2D eigenvalue weighted by Gasteiger charge is 2.43. The maximum Gasteiger partial charge on any atom is 0.417 e. The zero-order valence-electron chi connectivity index (χ0n) is 18.1. The van der Waals surface area contributed by atoms with Crippen molar-refractivity contribution in [1.29, 1.82) is 0 Å². The van der Waals surface area contributed by atoms with Crippen LogP contribution in [0.15, 0.2) is 48.5 Å². The van der Waals surface area contributed by atoms with Crippen LogP contribution in [-0.2, 0) is 20.5 Å². The van der Waals surface area contributed by atoms with Crippen molar-refractivity contribution in [2.24, 2.45) is 0 Å². The van der Waals surface area contributed by atoms with Crippen molar-refractivity contribution in [2.45, 2.75) is 18.5 Å². The van der Waals surface area contributed by atoms with Crippen molar-refractivity contribution < 1.29 is 50.9 Å². The normalized spacial score (nSPS) is 16.3. The molecule has 1 N–H and O–H groups in total. The van der Waals surface area contributed by atoms with Gasteiger partial charge in [0.2, 0.25) is 0 Å². The Bertz CT molecular complexity index is 1190. The molecule has 1 heterocycles. The van der Waals surface area contributed by atoms with E-state index >= 15 is 0 Å². The fraction of sp³-hybridized carbons (Fsp3) is 0.261. The van der Waals surface area contributed by atoms with Crippen molar-refractivity contribution in [1.82, 2.24) is 0 Å². The van der Waals surface area contributed by atoms with Crippen LogP contribution in [0.3, 0.4) is 0 Å². The molecule has 35 heavy (non-hydrogen) atoms. The second-order valence-corrected chi connectivity index (χ2v) is 7.40. The molecule has 1 aliphatic heterocycles. The lowest BCUT2D eigenvalue weighted by Gasteiger charge is -2.24. The molecule has 7 nitrogen and oxygen atoms in total. The molecule has 3 rings (SSSR count). The lowest BCUT2D eigenvalue weighted by Crippen LogP contribution is -2.34. The molecule has 2 aromatic carbocycles. The summed E-state index contributed by atoms with van der Waals surface area (Å²) in [6.07, 6.45) is -5.43. The van der Waals surface area contributed by atoms with E-state index in [1.807, 2.05) is 0 Å². The first-order valence-corrected chi connectivity index (χ1v) is 10.00. The number of carboxylic acid groups (broad SMARTS) is 1. The molecule has 0 saturated carbocycles. The topological polar surface area (TPSA) is 93.1 Å². The fourth-order valence-electron chi connectivity index (χ4n) is 3.54. The number of ether oxygens (including phenoxy) is 2. The number of hydrogen-bond acceptors (Lipinski definition) is 5. The molecular weight excluding hydrogens is 481 g/mol. The number of amides is 1. The van der Waals surface area contributed by atoms with Crippen molar-refractivity contribution in [3.8, 4) is 5.75 Å². The van der Waals surface area contributed by atoms with Gasteiger partial charge < -0.3 is 19.5 Å². The maximum atomic E-state index is 15.0. The Kier molecular flexibility index (Phi) is 7.13. The van der Waals surface area contributed by atoms with Gasteiger partial charge >= 0.3 is 18.1 Å². The summed E-state index contributed by atoms with van der Waals surface area (Å²) in [6.45, 7) is -1.57. The molecule has 0 spiro atoms. The average Bonchev–Trinajstić information content (AvgIpc) is 2.90. The number of carbonyl (C=O) groups excluding carboxylic acids is 2. The second kappa shape index (κ2) is 9.72. The van der Waals surface area contributed by atoms with Gasteiger partial charge in [0.05, 0.1) is 23.9 Å². The van der Waals surface area contributed by atoms with E-state index in [1.54, 1.807) is 0 Å². The number of carbonyl (C=O) groups is 3. The minimum absolute atomic E-state index is 0.121. The van der Waals surface area contributed by atoms with E-state index in [1.165, 1.54) is 24.3 Å². The van der Waals surface area contributed by atoms with E-state index < -0.39 is 72.0 Å². The molecule has 0 radical (unpaired) electrons. The van der Waals surface area contributed by atoms with Gasteiger partial charge in [-0.05, 0) is 24.3 Å².